The molecule has 4 rings (SSSR count). The lowest BCUT2D eigenvalue weighted by molar-refractivity contribution is -0.165. The molecule has 0 amide bonds. The number of nitrogens with zero attached hydrogens (tertiary/aromatic N) is 2. The van der Waals surface area contributed by atoms with E-state index in [1.807, 2.05) is 0 Å². The highest BCUT2D eigenvalue weighted by Crippen LogP contribution is 2.57. The van der Waals surface area contributed by atoms with Crippen molar-refractivity contribution in [2.45, 2.75) is 56.0 Å². The smallest absolute Gasteiger partial charge is 0.238 e. The second-order valence-electron chi connectivity index (χ2n) is 9.56. The van der Waals surface area contributed by atoms with Crippen LogP contribution in [0.5, 0.6) is 0 Å². The maximum absolute atomic E-state index is 16.8. The second kappa shape index (κ2) is 8.74. The highest BCUT2D eigenvalue weighted by Gasteiger charge is 2.66. The van der Waals surface area contributed by atoms with Crippen LogP contribution in [0.4, 0.5) is 17.6 Å². The Morgan fingerprint density at radius 3 is 2.23 bits per heavy atom. The normalized spacial score (nSPS) is 27.3. The maximum atomic E-state index is 16.8. The summed E-state index contributed by atoms with van der Waals surface area (Å²) in [5, 5.41) is 9.33. The average Bonchev–Trinajstić information content (AvgIpc) is 3.15. The third kappa shape index (κ3) is 4.06. The standard InChI is InChI=1S/C25H27F4N3O2S/c1-15(2)25(29)20(26)13-16(3)14-24(25,28)23-21(27)22(17-7-5-4-6-8-17)32(31-23)18-9-11-19(12-10-18)35(30,33)34/h4-12,15-16,20H,13-14H2,1-3H3,(H2,30,33,34). The third-order valence-electron chi connectivity index (χ3n) is 6.80. The van der Waals surface area contributed by atoms with E-state index in [9.17, 15) is 8.42 Å². The molecule has 1 aliphatic rings. The van der Waals surface area contributed by atoms with Gasteiger partial charge in [0.1, 0.15) is 17.6 Å². The number of sulfonamides is 1. The summed E-state index contributed by atoms with van der Waals surface area (Å²) < 4.78 is 88.6. The van der Waals surface area contributed by atoms with Gasteiger partial charge in [-0.1, -0.05) is 51.1 Å². The highest BCUT2D eigenvalue weighted by atomic mass is 32.2. The van der Waals surface area contributed by atoms with E-state index in [0.717, 1.165) is 4.68 Å². The molecule has 5 nitrogen and oxygen atoms in total. The van der Waals surface area contributed by atoms with Gasteiger partial charge in [0.15, 0.2) is 17.2 Å². The Kier molecular flexibility index (Phi) is 6.34. The first-order valence-corrected chi connectivity index (χ1v) is 12.8. The first kappa shape index (κ1) is 25.4. The lowest BCUT2D eigenvalue weighted by Gasteiger charge is -2.48. The molecule has 188 valence electrons. The molecular weight excluding hydrogens is 482 g/mol. The Labute approximate surface area is 202 Å². The summed E-state index contributed by atoms with van der Waals surface area (Å²) in [6, 6.07) is 13.2. The maximum Gasteiger partial charge on any atom is 0.238 e. The average molecular weight is 510 g/mol. The zero-order chi connectivity index (χ0) is 25.8. The fourth-order valence-electron chi connectivity index (χ4n) is 5.05. The van der Waals surface area contributed by atoms with Gasteiger partial charge in [0.25, 0.3) is 0 Å². The number of nitrogens with two attached hydrogens (primary N) is 1. The number of benzene rings is 2. The van der Waals surface area contributed by atoms with E-state index in [1.54, 1.807) is 37.3 Å². The van der Waals surface area contributed by atoms with Gasteiger partial charge in [-0.3, -0.25) is 0 Å². The third-order valence-corrected chi connectivity index (χ3v) is 7.73. The molecule has 0 radical (unpaired) electrons. The Morgan fingerprint density at radius 2 is 1.69 bits per heavy atom. The van der Waals surface area contributed by atoms with Crippen LogP contribution in [0, 0.1) is 17.7 Å². The molecule has 0 saturated heterocycles. The van der Waals surface area contributed by atoms with Gasteiger partial charge in [0.2, 0.25) is 10.0 Å². The summed E-state index contributed by atoms with van der Waals surface area (Å²) in [7, 11) is -3.99. The molecule has 1 aliphatic carbocycles. The predicted molar refractivity (Wildman–Crippen MR) is 125 cm³/mol. The number of hydrogen-bond donors (Lipinski definition) is 1. The Morgan fingerprint density at radius 1 is 1.09 bits per heavy atom. The highest BCUT2D eigenvalue weighted by molar-refractivity contribution is 7.89. The van der Waals surface area contributed by atoms with Crippen molar-refractivity contribution in [3.05, 3.63) is 66.1 Å². The summed E-state index contributed by atoms with van der Waals surface area (Å²) in [6.45, 7) is 4.34. The van der Waals surface area contributed by atoms with Gasteiger partial charge in [-0.15, -0.1) is 0 Å². The molecule has 0 spiro atoms. The molecule has 35 heavy (non-hydrogen) atoms. The van der Waals surface area contributed by atoms with Crippen molar-refractivity contribution in [1.29, 1.82) is 0 Å². The monoisotopic (exact) mass is 509 g/mol. The Bertz CT molecular complexity index is 1330. The van der Waals surface area contributed by atoms with Crippen LogP contribution in [0.15, 0.2) is 59.5 Å². The van der Waals surface area contributed by atoms with E-state index in [4.69, 9.17) is 5.14 Å². The molecule has 1 saturated carbocycles. The first-order valence-electron chi connectivity index (χ1n) is 11.3. The van der Waals surface area contributed by atoms with E-state index in [0.29, 0.717) is 5.56 Å². The van der Waals surface area contributed by atoms with E-state index in [2.05, 4.69) is 5.10 Å². The molecule has 4 unspecified atom stereocenters. The molecule has 4 atom stereocenters. The van der Waals surface area contributed by atoms with Gasteiger partial charge in [-0.05, 0) is 48.9 Å². The molecule has 2 N–H and O–H groups in total. The lowest BCUT2D eigenvalue weighted by Crippen LogP contribution is -2.60. The number of alkyl halides is 3. The molecule has 1 heterocycles. The SMILES string of the molecule is CC1CC(F)C(F)(C(C)C)C(F)(c2nn(-c3ccc(S(N)(=O)=O)cc3)c(-c3ccccc3)c2F)C1. The number of hydrogen-bond acceptors (Lipinski definition) is 3. The molecule has 10 heteroatoms. The summed E-state index contributed by atoms with van der Waals surface area (Å²) in [4.78, 5) is -0.179. The van der Waals surface area contributed by atoms with E-state index >= 15 is 17.6 Å². The van der Waals surface area contributed by atoms with Crippen molar-refractivity contribution in [3.8, 4) is 16.9 Å². The molecule has 0 aliphatic heterocycles. The summed E-state index contributed by atoms with van der Waals surface area (Å²) in [6.07, 6.45) is -2.76. The van der Waals surface area contributed by atoms with E-state index in [1.165, 1.54) is 38.1 Å². The van der Waals surface area contributed by atoms with E-state index in [-0.39, 0.29) is 22.7 Å². The fraction of sp³-hybridized carbons (Fsp3) is 0.400. The zero-order valence-corrected chi connectivity index (χ0v) is 20.4. The topological polar surface area (TPSA) is 78.0 Å². The fourth-order valence-corrected chi connectivity index (χ4v) is 5.57. The van der Waals surface area contributed by atoms with Crippen LogP contribution in [0.25, 0.3) is 16.9 Å². The number of aromatic nitrogens is 2. The second-order valence-corrected chi connectivity index (χ2v) is 11.1. The minimum absolute atomic E-state index is 0.152. The molecule has 2 aromatic carbocycles. The van der Waals surface area contributed by atoms with Crippen molar-refractivity contribution < 1.29 is 26.0 Å². The van der Waals surface area contributed by atoms with Crippen molar-refractivity contribution in [2.75, 3.05) is 0 Å². The van der Waals surface area contributed by atoms with Crippen LogP contribution < -0.4 is 5.14 Å². The molecule has 1 fully saturated rings. The quantitative estimate of drug-likeness (QED) is 0.454. The zero-order valence-electron chi connectivity index (χ0n) is 19.6. The minimum Gasteiger partial charge on any atom is -0.244 e. The van der Waals surface area contributed by atoms with Crippen molar-refractivity contribution >= 4 is 10.0 Å². The van der Waals surface area contributed by atoms with Crippen LogP contribution in [0.3, 0.4) is 0 Å². The van der Waals surface area contributed by atoms with Crippen molar-refractivity contribution in [1.82, 2.24) is 9.78 Å². The van der Waals surface area contributed by atoms with Crippen LogP contribution in [-0.2, 0) is 15.7 Å². The number of halogens is 4. The Hall–Kier alpha value is -2.72. The van der Waals surface area contributed by atoms with E-state index < -0.39 is 57.3 Å². The van der Waals surface area contributed by atoms with Crippen LogP contribution in [-0.4, -0.2) is 30.0 Å². The molecule has 0 bridgehead atoms. The van der Waals surface area contributed by atoms with Crippen molar-refractivity contribution in [3.63, 3.8) is 0 Å². The molecular formula is C25H27F4N3O2S. The number of primary sulfonamides is 1. The van der Waals surface area contributed by atoms with Gasteiger partial charge in [0, 0.05) is 5.56 Å². The van der Waals surface area contributed by atoms with Crippen molar-refractivity contribution in [2.24, 2.45) is 17.0 Å². The molecule has 3 aromatic rings. The number of rotatable bonds is 5. The van der Waals surface area contributed by atoms with Gasteiger partial charge < -0.3 is 0 Å². The first-order chi connectivity index (χ1) is 16.3. The van der Waals surface area contributed by atoms with Gasteiger partial charge >= 0.3 is 0 Å². The minimum atomic E-state index is -3.99. The summed E-state index contributed by atoms with van der Waals surface area (Å²) in [5.74, 6) is -2.73. The predicted octanol–water partition coefficient (Wildman–Crippen LogP) is 5.62. The summed E-state index contributed by atoms with van der Waals surface area (Å²) in [5.41, 5.74) is -6.46. The lowest BCUT2D eigenvalue weighted by atomic mass is 9.63. The largest absolute Gasteiger partial charge is 0.244 e. The van der Waals surface area contributed by atoms with Gasteiger partial charge in [-0.25, -0.2) is 35.8 Å². The summed E-state index contributed by atoms with van der Waals surface area (Å²) >= 11 is 0. The van der Waals surface area contributed by atoms with Crippen LogP contribution in [0.2, 0.25) is 0 Å². The van der Waals surface area contributed by atoms with Gasteiger partial charge in [0.05, 0.1) is 10.6 Å². The molecule has 1 aromatic heterocycles. The Balaban J connectivity index is 1.99. The van der Waals surface area contributed by atoms with Crippen LogP contribution >= 0.6 is 0 Å². The van der Waals surface area contributed by atoms with Gasteiger partial charge in [-0.2, -0.15) is 5.10 Å². The van der Waals surface area contributed by atoms with Crippen LogP contribution in [0.1, 0.15) is 39.3 Å².